The molecule has 2 aromatic heterocycles. The zero-order valence-electron chi connectivity index (χ0n) is 14.9. The highest BCUT2D eigenvalue weighted by Crippen LogP contribution is 2.38. The van der Waals surface area contributed by atoms with Gasteiger partial charge in [0.05, 0.1) is 23.0 Å². The van der Waals surface area contributed by atoms with Crippen LogP contribution in [0.1, 0.15) is 40.7 Å². The maximum atomic E-state index is 12.8. The second-order valence-corrected chi connectivity index (χ2v) is 6.76. The SMILES string of the molecule is C[C@@H]1CC(=Cc2ccco2)c2nc3ccccc3c(C(=O)OCC#N)c2C1. The summed E-state index contributed by atoms with van der Waals surface area (Å²) < 4.78 is 10.6. The Hall–Kier alpha value is -3.39. The Labute approximate surface area is 156 Å². The predicted molar refractivity (Wildman–Crippen MR) is 102 cm³/mol. The Morgan fingerprint density at radius 1 is 1.33 bits per heavy atom. The molecule has 0 N–H and O–H groups in total. The Bertz CT molecular complexity index is 1070. The van der Waals surface area contributed by atoms with Crippen LogP contribution in [0.2, 0.25) is 0 Å². The fraction of sp³-hybridized carbons (Fsp3) is 0.227. The summed E-state index contributed by atoms with van der Waals surface area (Å²) in [5.74, 6) is 0.635. The van der Waals surface area contributed by atoms with Gasteiger partial charge in [-0.15, -0.1) is 0 Å². The highest BCUT2D eigenvalue weighted by atomic mass is 16.5. The molecule has 1 aromatic carbocycles. The number of rotatable bonds is 3. The van der Waals surface area contributed by atoms with E-state index in [4.69, 9.17) is 19.4 Å². The number of pyridine rings is 1. The largest absolute Gasteiger partial charge is 0.465 e. The fourth-order valence-corrected chi connectivity index (χ4v) is 3.68. The lowest BCUT2D eigenvalue weighted by Gasteiger charge is -2.26. The number of aromatic nitrogens is 1. The van der Waals surface area contributed by atoms with Crippen LogP contribution >= 0.6 is 0 Å². The van der Waals surface area contributed by atoms with Gasteiger partial charge in [0.25, 0.3) is 0 Å². The van der Waals surface area contributed by atoms with Gasteiger partial charge in [0.2, 0.25) is 0 Å². The van der Waals surface area contributed by atoms with Gasteiger partial charge in [-0.2, -0.15) is 5.26 Å². The number of ether oxygens (including phenoxy) is 1. The van der Waals surface area contributed by atoms with E-state index < -0.39 is 5.97 Å². The first-order chi connectivity index (χ1) is 13.2. The highest BCUT2D eigenvalue weighted by molar-refractivity contribution is 6.06. The van der Waals surface area contributed by atoms with Crippen LogP contribution in [0.15, 0.2) is 47.1 Å². The molecule has 0 saturated carbocycles. The van der Waals surface area contributed by atoms with Crippen molar-refractivity contribution < 1.29 is 13.9 Å². The maximum Gasteiger partial charge on any atom is 0.340 e. The molecule has 0 spiro atoms. The third kappa shape index (κ3) is 3.22. The van der Waals surface area contributed by atoms with Crippen LogP contribution in [0.5, 0.6) is 0 Å². The van der Waals surface area contributed by atoms with Gasteiger partial charge in [-0.3, -0.25) is 0 Å². The second kappa shape index (κ2) is 7.08. The summed E-state index contributed by atoms with van der Waals surface area (Å²) in [6.45, 7) is 1.88. The number of benzene rings is 1. The molecule has 1 atom stereocenters. The number of nitriles is 1. The Morgan fingerprint density at radius 2 is 2.19 bits per heavy atom. The first-order valence-electron chi connectivity index (χ1n) is 8.87. The van der Waals surface area contributed by atoms with Crippen molar-refractivity contribution in [3.63, 3.8) is 0 Å². The van der Waals surface area contributed by atoms with E-state index in [2.05, 4.69) is 6.92 Å². The minimum absolute atomic E-state index is 0.269. The van der Waals surface area contributed by atoms with E-state index in [-0.39, 0.29) is 6.61 Å². The van der Waals surface area contributed by atoms with Gasteiger partial charge >= 0.3 is 5.97 Å². The van der Waals surface area contributed by atoms with Crippen LogP contribution in [0.25, 0.3) is 22.6 Å². The highest BCUT2D eigenvalue weighted by Gasteiger charge is 2.28. The summed E-state index contributed by atoms with van der Waals surface area (Å²) in [5, 5.41) is 9.54. The topological polar surface area (TPSA) is 76.1 Å². The molecule has 0 aliphatic heterocycles. The molecule has 3 aromatic rings. The summed E-state index contributed by atoms with van der Waals surface area (Å²) in [6, 6.07) is 13.1. The van der Waals surface area contributed by atoms with Crippen molar-refractivity contribution in [3.8, 4) is 6.07 Å². The van der Waals surface area contributed by atoms with E-state index in [0.29, 0.717) is 11.5 Å². The zero-order chi connectivity index (χ0) is 18.8. The number of hydrogen-bond acceptors (Lipinski definition) is 5. The van der Waals surface area contributed by atoms with E-state index in [0.717, 1.165) is 46.3 Å². The number of fused-ring (bicyclic) bond motifs is 2. The molecule has 0 fully saturated rings. The van der Waals surface area contributed by atoms with Crippen molar-refractivity contribution in [2.45, 2.75) is 19.8 Å². The van der Waals surface area contributed by atoms with Crippen molar-refractivity contribution in [2.24, 2.45) is 5.92 Å². The monoisotopic (exact) mass is 358 g/mol. The smallest absolute Gasteiger partial charge is 0.340 e. The van der Waals surface area contributed by atoms with Gasteiger partial charge < -0.3 is 9.15 Å². The molecule has 2 heterocycles. The normalized spacial score (nSPS) is 17.5. The Balaban J connectivity index is 1.95. The third-order valence-corrected chi connectivity index (χ3v) is 4.75. The maximum absolute atomic E-state index is 12.8. The van der Waals surface area contributed by atoms with E-state index in [9.17, 15) is 4.79 Å². The average molecular weight is 358 g/mol. The Morgan fingerprint density at radius 3 is 2.96 bits per heavy atom. The van der Waals surface area contributed by atoms with Crippen LogP contribution in [-0.2, 0) is 11.2 Å². The molecule has 0 amide bonds. The Kier molecular flexibility index (Phi) is 4.47. The molecular weight excluding hydrogens is 340 g/mol. The summed E-state index contributed by atoms with van der Waals surface area (Å²) in [4.78, 5) is 17.6. The number of nitrogens with zero attached hydrogens (tertiary/aromatic N) is 2. The van der Waals surface area contributed by atoms with Gasteiger partial charge in [-0.1, -0.05) is 25.1 Å². The zero-order valence-corrected chi connectivity index (χ0v) is 14.9. The van der Waals surface area contributed by atoms with Gasteiger partial charge in [0.15, 0.2) is 6.61 Å². The van der Waals surface area contributed by atoms with Crippen LogP contribution in [-0.4, -0.2) is 17.6 Å². The number of carbonyl (C=O) groups is 1. The molecule has 5 nitrogen and oxygen atoms in total. The summed E-state index contributed by atoms with van der Waals surface area (Å²) in [6.07, 6.45) is 5.21. The van der Waals surface area contributed by atoms with Gasteiger partial charge in [0, 0.05) is 5.39 Å². The summed E-state index contributed by atoms with van der Waals surface area (Å²) in [5.41, 5.74) is 3.99. The van der Waals surface area contributed by atoms with Gasteiger partial charge in [0.1, 0.15) is 11.8 Å². The fourth-order valence-electron chi connectivity index (χ4n) is 3.68. The third-order valence-electron chi connectivity index (χ3n) is 4.75. The van der Waals surface area contributed by atoms with E-state index in [1.807, 2.05) is 48.5 Å². The molecule has 1 aliphatic carbocycles. The molecule has 0 radical (unpaired) electrons. The number of furan rings is 1. The minimum Gasteiger partial charge on any atom is -0.465 e. The van der Waals surface area contributed by atoms with Crippen molar-refractivity contribution in [3.05, 3.63) is 65.2 Å². The minimum atomic E-state index is -0.474. The van der Waals surface area contributed by atoms with Crippen molar-refractivity contribution >= 4 is 28.5 Å². The number of para-hydroxylation sites is 1. The van der Waals surface area contributed by atoms with Gasteiger partial charge in [-0.05, 0) is 54.2 Å². The first-order valence-corrected chi connectivity index (χ1v) is 8.87. The molecule has 27 heavy (non-hydrogen) atoms. The molecule has 134 valence electrons. The number of allylic oxidation sites excluding steroid dienone is 1. The molecule has 0 bridgehead atoms. The van der Waals surface area contributed by atoms with Crippen molar-refractivity contribution in [1.29, 1.82) is 5.26 Å². The lowest BCUT2D eigenvalue weighted by atomic mass is 9.81. The first kappa shape index (κ1) is 17.0. The molecule has 0 saturated heterocycles. The van der Waals surface area contributed by atoms with Crippen LogP contribution < -0.4 is 0 Å². The molecule has 0 unspecified atom stereocenters. The van der Waals surface area contributed by atoms with Crippen LogP contribution in [0, 0.1) is 17.2 Å². The van der Waals surface area contributed by atoms with Crippen molar-refractivity contribution in [2.75, 3.05) is 6.61 Å². The van der Waals surface area contributed by atoms with Gasteiger partial charge in [-0.25, -0.2) is 9.78 Å². The van der Waals surface area contributed by atoms with E-state index in [1.165, 1.54) is 0 Å². The number of esters is 1. The second-order valence-electron chi connectivity index (χ2n) is 6.76. The number of hydrogen-bond donors (Lipinski definition) is 0. The van der Waals surface area contributed by atoms with E-state index >= 15 is 0 Å². The van der Waals surface area contributed by atoms with Crippen LogP contribution in [0.3, 0.4) is 0 Å². The van der Waals surface area contributed by atoms with Crippen molar-refractivity contribution in [1.82, 2.24) is 4.98 Å². The summed E-state index contributed by atoms with van der Waals surface area (Å²) in [7, 11) is 0. The predicted octanol–water partition coefficient (Wildman–Crippen LogP) is 4.63. The standard InChI is InChI=1S/C22H18N2O3/c1-14-11-15(13-16-5-4-9-26-16)21-18(12-14)20(22(25)27-10-8-23)17-6-2-3-7-19(17)24-21/h2-7,9,13-14H,10-12H2,1H3/t14-/m1/s1. The average Bonchev–Trinajstić information content (AvgIpc) is 3.17. The van der Waals surface area contributed by atoms with Crippen LogP contribution in [0.4, 0.5) is 0 Å². The molecule has 1 aliphatic rings. The quantitative estimate of drug-likeness (QED) is 0.638. The molecule has 4 rings (SSSR count). The molecular formula is C22H18N2O3. The lowest BCUT2D eigenvalue weighted by molar-refractivity contribution is 0.0555. The number of carbonyl (C=O) groups excluding carboxylic acids is 1. The lowest BCUT2D eigenvalue weighted by Crippen LogP contribution is -2.19. The van der Waals surface area contributed by atoms with E-state index in [1.54, 1.807) is 6.26 Å². The summed E-state index contributed by atoms with van der Waals surface area (Å²) >= 11 is 0. The molecule has 5 heteroatoms.